The summed E-state index contributed by atoms with van der Waals surface area (Å²) in [4.78, 5) is 0. The van der Waals surface area contributed by atoms with Gasteiger partial charge in [-0.2, -0.15) is 5.26 Å². The predicted octanol–water partition coefficient (Wildman–Crippen LogP) is 4.57. The molecule has 1 N–H and O–H groups in total. The molecule has 0 aliphatic carbocycles. The normalized spacial score (nSPS) is 9.89. The van der Waals surface area contributed by atoms with E-state index in [9.17, 15) is 0 Å². The van der Waals surface area contributed by atoms with Gasteiger partial charge in [-0.15, -0.1) is 0 Å². The van der Waals surface area contributed by atoms with Gasteiger partial charge < -0.3 is 5.32 Å². The zero-order valence-electron chi connectivity index (χ0n) is 10.3. The Morgan fingerprint density at radius 3 is 2.28 bits per heavy atom. The molecule has 0 saturated heterocycles. The minimum absolute atomic E-state index is 0.549. The molecule has 0 aliphatic rings. The summed E-state index contributed by atoms with van der Waals surface area (Å²) in [6.07, 6.45) is 0. The van der Waals surface area contributed by atoms with Gasteiger partial charge in [-0.05, 0) is 55.3 Å². The third-order valence-electron chi connectivity index (χ3n) is 2.60. The van der Waals surface area contributed by atoms with E-state index in [4.69, 9.17) is 16.9 Å². The van der Waals surface area contributed by atoms with E-state index >= 15 is 0 Å². The summed E-state index contributed by atoms with van der Waals surface area (Å²) in [7, 11) is 0. The number of nitriles is 1. The van der Waals surface area contributed by atoms with Crippen LogP contribution in [0.2, 0.25) is 5.02 Å². The summed E-state index contributed by atoms with van der Waals surface area (Å²) in [5, 5.41) is 12.6. The van der Waals surface area contributed by atoms with Crippen molar-refractivity contribution in [1.82, 2.24) is 0 Å². The number of nitrogens with zero attached hydrogens (tertiary/aromatic N) is 1. The number of nitrogens with one attached hydrogen (secondary N) is 1. The summed E-state index contributed by atoms with van der Waals surface area (Å²) in [6.45, 7) is 4.11. The number of hydrogen-bond donors (Lipinski definition) is 1. The number of benzene rings is 2. The van der Waals surface area contributed by atoms with Crippen LogP contribution in [0.1, 0.15) is 16.7 Å². The van der Waals surface area contributed by atoms with E-state index in [1.165, 1.54) is 11.1 Å². The maximum Gasteiger partial charge on any atom is 0.0992 e. The van der Waals surface area contributed by atoms with Crippen molar-refractivity contribution in [3.05, 3.63) is 58.1 Å². The first-order valence-corrected chi connectivity index (χ1v) is 6.01. The summed E-state index contributed by atoms with van der Waals surface area (Å²) in [5.41, 5.74) is 4.76. The molecule has 0 saturated carbocycles. The second-order valence-corrected chi connectivity index (χ2v) is 4.72. The van der Waals surface area contributed by atoms with Gasteiger partial charge in [0.25, 0.3) is 0 Å². The zero-order valence-corrected chi connectivity index (χ0v) is 11.0. The predicted molar refractivity (Wildman–Crippen MR) is 75.4 cm³/mol. The molecule has 2 nitrogen and oxygen atoms in total. The molecule has 0 unspecified atom stereocenters. The minimum Gasteiger partial charge on any atom is -0.354 e. The van der Waals surface area contributed by atoms with Crippen LogP contribution in [-0.4, -0.2) is 0 Å². The van der Waals surface area contributed by atoms with E-state index in [1.54, 1.807) is 12.1 Å². The first-order valence-electron chi connectivity index (χ1n) is 5.63. The Labute approximate surface area is 112 Å². The van der Waals surface area contributed by atoms with Gasteiger partial charge >= 0.3 is 0 Å². The molecule has 0 spiro atoms. The standard InChI is InChI=1S/C15H13ClN2/c1-10-5-11(2)7-13(6-10)18-15-4-3-12(9-17)8-14(15)16/h3-8,18H,1-2H3. The van der Waals surface area contributed by atoms with Gasteiger partial charge in [0.15, 0.2) is 0 Å². The van der Waals surface area contributed by atoms with Gasteiger partial charge in [0.05, 0.1) is 22.3 Å². The Morgan fingerprint density at radius 1 is 1.06 bits per heavy atom. The third-order valence-corrected chi connectivity index (χ3v) is 2.91. The molecule has 0 bridgehead atoms. The van der Waals surface area contributed by atoms with Crippen molar-refractivity contribution in [2.75, 3.05) is 5.32 Å². The van der Waals surface area contributed by atoms with E-state index in [-0.39, 0.29) is 0 Å². The first kappa shape index (κ1) is 12.5. The largest absolute Gasteiger partial charge is 0.354 e. The van der Waals surface area contributed by atoms with Crippen molar-refractivity contribution in [2.24, 2.45) is 0 Å². The topological polar surface area (TPSA) is 35.8 Å². The highest BCUT2D eigenvalue weighted by molar-refractivity contribution is 6.33. The summed E-state index contributed by atoms with van der Waals surface area (Å²) in [5.74, 6) is 0. The van der Waals surface area contributed by atoms with Crippen LogP contribution in [-0.2, 0) is 0 Å². The SMILES string of the molecule is Cc1cc(C)cc(Nc2ccc(C#N)cc2Cl)c1. The smallest absolute Gasteiger partial charge is 0.0992 e. The molecule has 2 rings (SSSR count). The van der Waals surface area contributed by atoms with Gasteiger partial charge in [-0.1, -0.05) is 17.7 Å². The van der Waals surface area contributed by atoms with Gasteiger partial charge in [0.2, 0.25) is 0 Å². The Hall–Kier alpha value is -1.98. The zero-order chi connectivity index (χ0) is 13.1. The molecule has 0 radical (unpaired) electrons. The number of rotatable bonds is 2. The van der Waals surface area contributed by atoms with Crippen LogP contribution in [0.4, 0.5) is 11.4 Å². The second kappa shape index (κ2) is 5.12. The molecule has 0 aromatic heterocycles. The Bertz CT molecular complexity index is 607. The maximum atomic E-state index is 8.79. The molecule has 18 heavy (non-hydrogen) atoms. The fourth-order valence-electron chi connectivity index (χ4n) is 1.89. The summed E-state index contributed by atoms with van der Waals surface area (Å²) < 4.78 is 0. The molecular weight excluding hydrogens is 244 g/mol. The molecule has 0 heterocycles. The second-order valence-electron chi connectivity index (χ2n) is 4.31. The molecule has 0 atom stereocenters. The van der Waals surface area contributed by atoms with Crippen molar-refractivity contribution in [3.63, 3.8) is 0 Å². The van der Waals surface area contributed by atoms with E-state index in [0.717, 1.165) is 11.4 Å². The monoisotopic (exact) mass is 256 g/mol. The lowest BCUT2D eigenvalue weighted by atomic mass is 10.1. The van der Waals surface area contributed by atoms with Crippen LogP contribution in [0.15, 0.2) is 36.4 Å². The molecule has 2 aromatic rings. The molecular formula is C15H13ClN2. The van der Waals surface area contributed by atoms with Gasteiger partial charge in [-0.3, -0.25) is 0 Å². The van der Waals surface area contributed by atoms with Crippen LogP contribution >= 0.6 is 11.6 Å². The molecule has 0 fully saturated rings. The van der Waals surface area contributed by atoms with E-state index in [2.05, 4.69) is 43.4 Å². The van der Waals surface area contributed by atoms with E-state index in [1.807, 2.05) is 6.07 Å². The lowest BCUT2D eigenvalue weighted by molar-refractivity contribution is 1.37. The fourth-order valence-corrected chi connectivity index (χ4v) is 2.12. The van der Waals surface area contributed by atoms with E-state index < -0.39 is 0 Å². The Morgan fingerprint density at radius 2 is 1.72 bits per heavy atom. The number of hydrogen-bond acceptors (Lipinski definition) is 2. The first-order chi connectivity index (χ1) is 8.58. The molecule has 3 heteroatoms. The molecule has 0 amide bonds. The lowest BCUT2D eigenvalue weighted by Crippen LogP contribution is -1.93. The van der Waals surface area contributed by atoms with Gasteiger partial charge in [0.1, 0.15) is 0 Å². The lowest BCUT2D eigenvalue weighted by Gasteiger charge is -2.10. The number of halogens is 1. The van der Waals surface area contributed by atoms with Crippen molar-refractivity contribution < 1.29 is 0 Å². The van der Waals surface area contributed by atoms with Crippen LogP contribution in [0.3, 0.4) is 0 Å². The summed E-state index contributed by atoms with van der Waals surface area (Å²) >= 11 is 6.12. The minimum atomic E-state index is 0.549. The number of aryl methyl sites for hydroxylation is 2. The Balaban J connectivity index is 2.31. The van der Waals surface area contributed by atoms with Crippen molar-refractivity contribution in [3.8, 4) is 6.07 Å². The van der Waals surface area contributed by atoms with E-state index in [0.29, 0.717) is 10.6 Å². The van der Waals surface area contributed by atoms with Crippen LogP contribution < -0.4 is 5.32 Å². The fraction of sp³-hybridized carbons (Fsp3) is 0.133. The van der Waals surface area contributed by atoms with Gasteiger partial charge in [0, 0.05) is 5.69 Å². The number of anilines is 2. The average molecular weight is 257 g/mol. The highest BCUT2D eigenvalue weighted by Crippen LogP contribution is 2.27. The Kier molecular flexibility index (Phi) is 3.55. The van der Waals surface area contributed by atoms with Crippen LogP contribution in [0, 0.1) is 25.2 Å². The van der Waals surface area contributed by atoms with Gasteiger partial charge in [-0.25, -0.2) is 0 Å². The molecule has 2 aromatic carbocycles. The summed E-state index contributed by atoms with van der Waals surface area (Å²) in [6, 6.07) is 13.5. The van der Waals surface area contributed by atoms with Crippen molar-refractivity contribution in [2.45, 2.75) is 13.8 Å². The third kappa shape index (κ3) is 2.82. The average Bonchev–Trinajstić information content (AvgIpc) is 2.30. The molecule has 90 valence electrons. The highest BCUT2D eigenvalue weighted by Gasteiger charge is 2.03. The van der Waals surface area contributed by atoms with Crippen molar-refractivity contribution in [1.29, 1.82) is 5.26 Å². The van der Waals surface area contributed by atoms with Crippen molar-refractivity contribution >= 4 is 23.0 Å². The maximum absolute atomic E-state index is 8.79. The molecule has 0 aliphatic heterocycles. The van der Waals surface area contributed by atoms with Crippen LogP contribution in [0.25, 0.3) is 0 Å². The quantitative estimate of drug-likeness (QED) is 0.854. The van der Waals surface area contributed by atoms with Crippen LogP contribution in [0.5, 0.6) is 0 Å². The highest BCUT2D eigenvalue weighted by atomic mass is 35.5.